The zero-order valence-electron chi connectivity index (χ0n) is 23.7. The van der Waals surface area contributed by atoms with Crippen LogP contribution >= 0.6 is 7.82 Å². The smallest absolute Gasteiger partial charge is 0.472 e. The predicted molar refractivity (Wildman–Crippen MR) is 148 cm³/mol. The van der Waals surface area contributed by atoms with Crippen LogP contribution in [0.1, 0.15) is 110 Å². The number of allylic oxidation sites excluding steroid dienone is 2. The second kappa shape index (κ2) is 24.1. The van der Waals surface area contributed by atoms with E-state index >= 15 is 0 Å². The lowest BCUT2D eigenvalue weighted by Crippen LogP contribution is -2.34. The van der Waals surface area contributed by atoms with Gasteiger partial charge < -0.3 is 25.2 Å². The summed E-state index contributed by atoms with van der Waals surface area (Å²) in [6.45, 7) is 2.55. The third-order valence-electron chi connectivity index (χ3n) is 5.76. The Morgan fingerprint density at radius 3 is 1.95 bits per heavy atom. The highest BCUT2D eigenvalue weighted by atomic mass is 31.2. The summed E-state index contributed by atoms with van der Waals surface area (Å²) in [7, 11) is -4.68. The molecule has 11 nitrogen and oxygen atoms in total. The summed E-state index contributed by atoms with van der Waals surface area (Å²) >= 11 is 0. The van der Waals surface area contributed by atoms with Gasteiger partial charge in [-0.15, -0.1) is 0 Å². The van der Waals surface area contributed by atoms with Crippen LogP contribution in [0.25, 0.3) is 0 Å². The van der Waals surface area contributed by atoms with Crippen LogP contribution in [0, 0.1) is 0 Å². The number of ether oxygens (including phenoxy) is 2. The van der Waals surface area contributed by atoms with Gasteiger partial charge in [-0.3, -0.25) is 23.4 Å². The van der Waals surface area contributed by atoms with E-state index in [-0.39, 0.29) is 19.4 Å². The molecule has 0 heterocycles. The van der Waals surface area contributed by atoms with Crippen LogP contribution in [0.5, 0.6) is 0 Å². The minimum Gasteiger partial charge on any atom is -0.480 e. The lowest BCUT2D eigenvalue weighted by Gasteiger charge is -2.20. The molecule has 12 heteroatoms. The van der Waals surface area contributed by atoms with Crippen molar-refractivity contribution in [2.75, 3.05) is 19.8 Å². The van der Waals surface area contributed by atoms with Crippen molar-refractivity contribution in [1.29, 1.82) is 0 Å². The van der Waals surface area contributed by atoms with E-state index in [1.54, 1.807) is 0 Å². The summed E-state index contributed by atoms with van der Waals surface area (Å²) in [5.74, 6) is -2.42. The molecule has 0 fully saturated rings. The zero-order chi connectivity index (χ0) is 29.4. The van der Waals surface area contributed by atoms with E-state index < -0.39 is 51.1 Å². The monoisotopic (exact) mass is 579 g/mol. The number of rotatable bonds is 26. The van der Waals surface area contributed by atoms with Crippen molar-refractivity contribution in [3.05, 3.63) is 12.2 Å². The summed E-state index contributed by atoms with van der Waals surface area (Å²) in [5, 5.41) is 8.76. The van der Waals surface area contributed by atoms with E-state index in [2.05, 4.69) is 30.5 Å². The van der Waals surface area contributed by atoms with Gasteiger partial charge in [0.15, 0.2) is 6.10 Å². The first-order chi connectivity index (χ1) is 18.6. The summed E-state index contributed by atoms with van der Waals surface area (Å²) in [4.78, 5) is 44.9. The molecule has 39 heavy (non-hydrogen) atoms. The lowest BCUT2D eigenvalue weighted by atomic mass is 10.1. The number of hydrogen-bond donors (Lipinski definition) is 3. The summed E-state index contributed by atoms with van der Waals surface area (Å²) < 4.78 is 32.0. The van der Waals surface area contributed by atoms with Gasteiger partial charge in [-0.05, 0) is 32.1 Å². The average Bonchev–Trinajstić information content (AvgIpc) is 2.89. The third-order valence-corrected chi connectivity index (χ3v) is 6.71. The van der Waals surface area contributed by atoms with Crippen molar-refractivity contribution in [2.24, 2.45) is 5.73 Å². The highest BCUT2D eigenvalue weighted by Gasteiger charge is 2.28. The largest absolute Gasteiger partial charge is 0.480 e. The number of aliphatic carboxylic acids is 1. The number of carboxylic acids is 1. The summed E-state index contributed by atoms with van der Waals surface area (Å²) in [6, 6.07) is -1.52. The van der Waals surface area contributed by atoms with Crippen molar-refractivity contribution < 1.29 is 47.5 Å². The lowest BCUT2D eigenvalue weighted by molar-refractivity contribution is -0.161. The molecule has 0 aliphatic heterocycles. The molecule has 0 rings (SSSR count). The second-order valence-corrected chi connectivity index (χ2v) is 11.0. The highest BCUT2D eigenvalue weighted by Crippen LogP contribution is 2.43. The molecule has 0 aliphatic rings. The van der Waals surface area contributed by atoms with Gasteiger partial charge in [0.2, 0.25) is 0 Å². The molecule has 0 aliphatic carbocycles. The SMILES string of the molecule is CCCC/C=C\CCCCCCCC(=O)OC(COC(=O)CCCCCC)COP(=O)(O)OCC(N)C(=O)O. The van der Waals surface area contributed by atoms with Gasteiger partial charge >= 0.3 is 25.7 Å². The number of nitrogens with two attached hydrogens (primary N) is 1. The van der Waals surface area contributed by atoms with Crippen LogP contribution in [-0.4, -0.2) is 59.9 Å². The second-order valence-electron chi connectivity index (χ2n) is 9.53. The van der Waals surface area contributed by atoms with E-state index in [0.29, 0.717) is 12.8 Å². The maximum absolute atomic E-state index is 12.3. The minimum atomic E-state index is -4.68. The molecule has 0 radical (unpaired) electrons. The third kappa shape index (κ3) is 23.8. The fraction of sp³-hybridized carbons (Fsp3) is 0.815. The van der Waals surface area contributed by atoms with Gasteiger partial charge in [0.25, 0.3) is 0 Å². The average molecular weight is 580 g/mol. The van der Waals surface area contributed by atoms with Crippen LogP contribution in [0.15, 0.2) is 12.2 Å². The fourth-order valence-corrected chi connectivity index (χ4v) is 4.17. The van der Waals surface area contributed by atoms with Gasteiger partial charge in [-0.2, -0.15) is 0 Å². The number of unbranched alkanes of at least 4 members (excludes halogenated alkanes) is 10. The number of carbonyl (C=O) groups excluding carboxylic acids is 2. The van der Waals surface area contributed by atoms with Gasteiger partial charge in [-0.25, -0.2) is 4.57 Å². The van der Waals surface area contributed by atoms with E-state index in [0.717, 1.165) is 57.8 Å². The molecule has 0 spiro atoms. The molecular weight excluding hydrogens is 529 g/mol. The van der Waals surface area contributed by atoms with Crippen LogP contribution in [0.2, 0.25) is 0 Å². The van der Waals surface area contributed by atoms with Gasteiger partial charge in [0.1, 0.15) is 12.6 Å². The molecule has 4 N–H and O–H groups in total. The van der Waals surface area contributed by atoms with Gasteiger partial charge in [-0.1, -0.05) is 77.4 Å². The zero-order valence-corrected chi connectivity index (χ0v) is 24.6. The van der Waals surface area contributed by atoms with Crippen LogP contribution in [0.3, 0.4) is 0 Å². The predicted octanol–water partition coefficient (Wildman–Crippen LogP) is 5.43. The van der Waals surface area contributed by atoms with Crippen molar-refractivity contribution in [3.8, 4) is 0 Å². The van der Waals surface area contributed by atoms with E-state index in [1.807, 2.05) is 0 Å². The number of phosphoric acid groups is 1. The van der Waals surface area contributed by atoms with E-state index in [9.17, 15) is 23.8 Å². The number of hydrogen-bond acceptors (Lipinski definition) is 9. The van der Waals surface area contributed by atoms with Crippen molar-refractivity contribution >= 4 is 25.7 Å². The summed E-state index contributed by atoms with van der Waals surface area (Å²) in [5.41, 5.74) is 5.26. The molecule has 3 unspecified atom stereocenters. The quantitative estimate of drug-likeness (QED) is 0.0516. The maximum atomic E-state index is 12.3. The standard InChI is InChI=1S/C27H50NO10P/c1-3-5-7-9-10-11-12-13-14-15-17-19-26(30)38-23(20-35-25(29)18-16-8-6-4-2)21-36-39(33,34)37-22-24(28)27(31)32/h9-10,23-24H,3-8,11-22,28H2,1-2H3,(H,31,32)(H,33,34)/b10-9-. The molecule has 3 atom stereocenters. The molecule has 0 amide bonds. The number of carbonyl (C=O) groups is 3. The first-order valence-corrected chi connectivity index (χ1v) is 15.7. The first kappa shape index (κ1) is 37.2. The molecule has 228 valence electrons. The highest BCUT2D eigenvalue weighted by molar-refractivity contribution is 7.47. The molecular formula is C27H50NO10P. The van der Waals surface area contributed by atoms with E-state index in [4.69, 9.17) is 24.8 Å². The Kier molecular flexibility index (Phi) is 23.0. The number of carboxylic acid groups (broad SMARTS) is 1. The molecule has 0 aromatic carbocycles. The Morgan fingerprint density at radius 2 is 1.31 bits per heavy atom. The number of phosphoric ester groups is 1. The normalized spacial score (nSPS) is 14.6. The molecule has 0 aromatic rings. The Bertz CT molecular complexity index is 746. The first-order valence-electron chi connectivity index (χ1n) is 14.2. The van der Waals surface area contributed by atoms with Crippen LogP contribution in [0.4, 0.5) is 0 Å². The van der Waals surface area contributed by atoms with Crippen molar-refractivity contribution in [2.45, 2.75) is 122 Å². The Labute approximate surface area is 233 Å². The molecule has 0 saturated heterocycles. The topological polar surface area (TPSA) is 172 Å². The van der Waals surface area contributed by atoms with Crippen molar-refractivity contribution in [3.63, 3.8) is 0 Å². The Morgan fingerprint density at radius 1 is 0.769 bits per heavy atom. The fourth-order valence-electron chi connectivity index (χ4n) is 3.40. The van der Waals surface area contributed by atoms with Crippen molar-refractivity contribution in [1.82, 2.24) is 0 Å². The van der Waals surface area contributed by atoms with Crippen LogP contribution in [-0.2, 0) is 37.5 Å². The number of esters is 2. The van der Waals surface area contributed by atoms with Crippen LogP contribution < -0.4 is 5.73 Å². The Hall–Kier alpha value is -1.78. The van der Waals surface area contributed by atoms with E-state index in [1.165, 1.54) is 12.8 Å². The molecule has 0 aromatic heterocycles. The molecule has 0 bridgehead atoms. The maximum Gasteiger partial charge on any atom is 0.472 e. The van der Waals surface area contributed by atoms with Gasteiger partial charge in [0.05, 0.1) is 13.2 Å². The molecule has 0 saturated carbocycles. The summed E-state index contributed by atoms with van der Waals surface area (Å²) in [6.07, 6.45) is 16.6. The Balaban J connectivity index is 4.54. The minimum absolute atomic E-state index is 0.152. The van der Waals surface area contributed by atoms with Gasteiger partial charge in [0, 0.05) is 12.8 Å².